The van der Waals surface area contributed by atoms with Crippen molar-refractivity contribution in [3.8, 4) is 0 Å². The van der Waals surface area contributed by atoms with Gasteiger partial charge in [-0.25, -0.2) is 9.97 Å². The monoisotopic (exact) mass is 531 g/mol. The molecule has 198 valence electrons. The number of carbonyl (C=O) groups is 1. The summed E-state index contributed by atoms with van der Waals surface area (Å²) in [6, 6.07) is 37.2. The van der Waals surface area contributed by atoms with Crippen LogP contribution in [0.5, 0.6) is 0 Å². The Morgan fingerprint density at radius 3 is 1.62 bits per heavy atom. The minimum absolute atomic E-state index is 0.0628. The Labute approximate surface area is 230 Å². The van der Waals surface area contributed by atoms with Gasteiger partial charge in [-0.05, 0) is 35.4 Å². The summed E-state index contributed by atoms with van der Waals surface area (Å²) in [5, 5.41) is 13.9. The van der Waals surface area contributed by atoms with Crippen molar-refractivity contribution in [3.05, 3.63) is 149 Å². The minimum Gasteiger partial charge on any atom is -0.276 e. The van der Waals surface area contributed by atoms with Gasteiger partial charge in [-0.2, -0.15) is 0 Å². The van der Waals surface area contributed by atoms with E-state index in [9.17, 15) is 14.9 Å². The molecular weight excluding hydrogens is 506 g/mol. The van der Waals surface area contributed by atoms with Gasteiger partial charge in [0.05, 0.1) is 22.2 Å². The quantitative estimate of drug-likeness (QED) is 0.152. The lowest BCUT2D eigenvalue weighted by molar-refractivity contribution is -0.383. The second-order valence-electron chi connectivity index (χ2n) is 8.66. The molecule has 0 radical (unpaired) electrons. The molecule has 1 aromatic heterocycles. The zero-order valence-corrected chi connectivity index (χ0v) is 21.2. The normalized spacial score (nSPS) is 10.5. The van der Waals surface area contributed by atoms with E-state index in [1.807, 2.05) is 121 Å². The van der Waals surface area contributed by atoms with Gasteiger partial charge < -0.3 is 0 Å². The summed E-state index contributed by atoms with van der Waals surface area (Å²) in [6.07, 6.45) is 1.18. The van der Waals surface area contributed by atoms with Gasteiger partial charge in [0.2, 0.25) is 17.5 Å². The SMILES string of the molecule is O=C(NNc1ncnc(NN(c2ccccc2)c2ccccc2)c1[N+](=O)[O-])C(c1ccccc1)c1ccccc1. The number of nitrogens with one attached hydrogen (secondary N) is 3. The number of hydrogen-bond donors (Lipinski definition) is 3. The number of nitro groups is 1. The molecule has 10 nitrogen and oxygen atoms in total. The second kappa shape index (κ2) is 12.2. The molecule has 40 heavy (non-hydrogen) atoms. The van der Waals surface area contributed by atoms with Gasteiger partial charge in [0, 0.05) is 0 Å². The van der Waals surface area contributed by atoms with Crippen molar-refractivity contribution in [2.75, 3.05) is 15.9 Å². The standard InChI is InChI=1S/C30H25N7O3/c38-30(26(22-13-5-1-6-14-22)23-15-7-2-8-16-23)34-33-28-27(37(39)40)29(32-21-31-28)35-36(24-17-9-3-10-18-24)25-19-11-4-12-20-25/h1-21,26H,(H,34,38)(H2,31,32,33,35). The summed E-state index contributed by atoms with van der Waals surface area (Å²) < 4.78 is 0. The minimum atomic E-state index is -0.653. The van der Waals surface area contributed by atoms with Crippen LogP contribution in [0.2, 0.25) is 0 Å². The Balaban J connectivity index is 1.44. The first-order valence-electron chi connectivity index (χ1n) is 12.4. The number of rotatable bonds is 10. The average molecular weight is 532 g/mol. The Bertz CT molecular complexity index is 1490. The highest BCUT2D eigenvalue weighted by Crippen LogP contribution is 2.33. The molecule has 0 atom stereocenters. The number of benzene rings is 4. The van der Waals surface area contributed by atoms with E-state index in [2.05, 4.69) is 26.2 Å². The Morgan fingerprint density at radius 1 is 0.700 bits per heavy atom. The maximum atomic E-state index is 13.4. The highest BCUT2D eigenvalue weighted by atomic mass is 16.6. The van der Waals surface area contributed by atoms with Crippen molar-refractivity contribution in [1.82, 2.24) is 15.4 Å². The van der Waals surface area contributed by atoms with Crippen molar-refractivity contribution < 1.29 is 9.72 Å². The molecule has 0 aliphatic rings. The third kappa shape index (κ3) is 5.86. The number of nitrogens with zero attached hydrogens (tertiary/aromatic N) is 4. The van der Waals surface area contributed by atoms with Crippen LogP contribution in [0.4, 0.5) is 28.7 Å². The van der Waals surface area contributed by atoms with E-state index in [0.717, 1.165) is 22.5 Å². The van der Waals surface area contributed by atoms with Crippen molar-refractivity contribution in [2.45, 2.75) is 5.92 Å². The maximum absolute atomic E-state index is 13.4. The topological polar surface area (TPSA) is 125 Å². The van der Waals surface area contributed by atoms with Gasteiger partial charge in [0.25, 0.3) is 0 Å². The van der Waals surface area contributed by atoms with Crippen LogP contribution in [-0.4, -0.2) is 20.8 Å². The van der Waals surface area contributed by atoms with E-state index in [0.29, 0.717) is 0 Å². The lowest BCUT2D eigenvalue weighted by Crippen LogP contribution is -2.35. The third-order valence-corrected chi connectivity index (χ3v) is 6.08. The van der Waals surface area contributed by atoms with E-state index in [1.54, 1.807) is 5.01 Å². The summed E-state index contributed by atoms with van der Waals surface area (Å²) in [4.78, 5) is 33.3. The first-order valence-corrected chi connectivity index (χ1v) is 12.4. The zero-order valence-electron chi connectivity index (χ0n) is 21.2. The van der Waals surface area contributed by atoms with Crippen molar-refractivity contribution in [1.29, 1.82) is 0 Å². The lowest BCUT2D eigenvalue weighted by atomic mass is 9.91. The molecule has 0 unspecified atom stereocenters. The molecule has 1 heterocycles. The van der Waals surface area contributed by atoms with Crippen LogP contribution >= 0.6 is 0 Å². The fourth-order valence-corrected chi connectivity index (χ4v) is 4.24. The second-order valence-corrected chi connectivity index (χ2v) is 8.66. The van der Waals surface area contributed by atoms with E-state index in [1.165, 1.54) is 6.33 Å². The van der Waals surface area contributed by atoms with Gasteiger partial charge >= 0.3 is 5.69 Å². The molecule has 0 aliphatic carbocycles. The van der Waals surface area contributed by atoms with Crippen LogP contribution in [0, 0.1) is 10.1 Å². The van der Waals surface area contributed by atoms with Gasteiger partial charge in [-0.3, -0.25) is 36.2 Å². The molecule has 0 spiro atoms. The van der Waals surface area contributed by atoms with Crippen LogP contribution in [-0.2, 0) is 4.79 Å². The highest BCUT2D eigenvalue weighted by Gasteiger charge is 2.27. The van der Waals surface area contributed by atoms with Crippen molar-refractivity contribution in [2.24, 2.45) is 0 Å². The summed E-state index contributed by atoms with van der Waals surface area (Å²) in [6.45, 7) is 0. The van der Waals surface area contributed by atoms with E-state index < -0.39 is 22.4 Å². The first kappa shape index (κ1) is 25.9. The first-order chi connectivity index (χ1) is 19.6. The molecule has 5 rings (SSSR count). The van der Waals surface area contributed by atoms with Gasteiger partial charge in [-0.1, -0.05) is 97.1 Å². The van der Waals surface area contributed by atoms with Crippen molar-refractivity contribution in [3.63, 3.8) is 0 Å². The maximum Gasteiger partial charge on any atom is 0.356 e. The third-order valence-electron chi connectivity index (χ3n) is 6.08. The number of hydrazine groups is 2. The number of hydrogen-bond acceptors (Lipinski definition) is 8. The smallest absolute Gasteiger partial charge is 0.276 e. The predicted octanol–water partition coefficient (Wildman–Crippen LogP) is 5.83. The van der Waals surface area contributed by atoms with Gasteiger partial charge in [0.15, 0.2) is 0 Å². The zero-order chi connectivity index (χ0) is 27.7. The van der Waals surface area contributed by atoms with E-state index in [-0.39, 0.29) is 11.6 Å². The Hall–Kier alpha value is -5.77. The molecule has 0 bridgehead atoms. The van der Waals surface area contributed by atoms with Crippen LogP contribution in [0.1, 0.15) is 17.0 Å². The van der Waals surface area contributed by atoms with Crippen LogP contribution in [0.15, 0.2) is 128 Å². The van der Waals surface area contributed by atoms with E-state index in [4.69, 9.17) is 0 Å². The van der Waals surface area contributed by atoms with E-state index >= 15 is 0 Å². The molecule has 4 aromatic carbocycles. The Kier molecular flexibility index (Phi) is 7.88. The molecule has 0 saturated carbocycles. The van der Waals surface area contributed by atoms with Gasteiger partial charge in [-0.15, -0.1) is 0 Å². The number of aromatic nitrogens is 2. The largest absolute Gasteiger partial charge is 0.356 e. The van der Waals surface area contributed by atoms with Crippen LogP contribution < -0.4 is 21.3 Å². The molecule has 1 amide bonds. The average Bonchev–Trinajstić information content (AvgIpc) is 3.01. The number of carbonyl (C=O) groups excluding carboxylic acids is 1. The fourth-order valence-electron chi connectivity index (χ4n) is 4.24. The molecule has 0 saturated heterocycles. The fraction of sp³-hybridized carbons (Fsp3) is 0.0333. The van der Waals surface area contributed by atoms with Crippen molar-refractivity contribution >= 4 is 34.6 Å². The number of para-hydroxylation sites is 2. The molecule has 10 heteroatoms. The summed E-state index contributed by atoms with van der Waals surface area (Å²) in [5.41, 5.74) is 10.9. The number of anilines is 4. The molecule has 0 aliphatic heterocycles. The predicted molar refractivity (Wildman–Crippen MR) is 154 cm³/mol. The highest BCUT2D eigenvalue weighted by molar-refractivity contribution is 5.88. The number of amides is 1. The molecule has 5 aromatic rings. The molecular formula is C30H25N7O3. The summed E-state index contributed by atoms with van der Waals surface area (Å²) in [5.74, 6) is -1.29. The van der Waals surface area contributed by atoms with Gasteiger partial charge in [0.1, 0.15) is 6.33 Å². The van der Waals surface area contributed by atoms with Crippen LogP contribution in [0.25, 0.3) is 0 Å². The molecule has 0 fully saturated rings. The molecule has 3 N–H and O–H groups in total. The van der Waals surface area contributed by atoms with Crippen LogP contribution in [0.3, 0.4) is 0 Å². The summed E-state index contributed by atoms with van der Waals surface area (Å²) in [7, 11) is 0. The summed E-state index contributed by atoms with van der Waals surface area (Å²) >= 11 is 0. The Morgan fingerprint density at radius 2 is 1.15 bits per heavy atom. The lowest BCUT2D eigenvalue weighted by Gasteiger charge is -2.26.